The lowest BCUT2D eigenvalue weighted by atomic mass is 9.84. The zero-order valence-corrected chi connectivity index (χ0v) is 17.8. The minimum absolute atomic E-state index is 0.0662. The van der Waals surface area contributed by atoms with E-state index < -0.39 is 32.9 Å². The number of rotatable bonds is 5. The second-order valence-corrected chi connectivity index (χ2v) is 9.38. The third-order valence-electron chi connectivity index (χ3n) is 5.57. The Balaban J connectivity index is 2.08. The molecule has 1 unspecified atom stereocenters. The third-order valence-corrected chi connectivity index (χ3v) is 7.07. The number of nitrogen functional groups attached to an aromatic ring is 1. The number of fused-ring (bicyclic) bond motifs is 1. The van der Waals surface area contributed by atoms with Crippen LogP contribution in [0.25, 0.3) is 16.6 Å². The number of aromatic nitrogens is 2. The number of primary sulfonamides is 1. The number of hydrogen-bond acceptors (Lipinski definition) is 7. The summed E-state index contributed by atoms with van der Waals surface area (Å²) in [4.78, 5) is 19.3. The monoisotopic (exact) mass is 468 g/mol. The maximum Gasteiger partial charge on any atom is 0.244 e. The van der Waals surface area contributed by atoms with Crippen LogP contribution in [0.5, 0.6) is 5.75 Å². The number of benzene rings is 2. The van der Waals surface area contributed by atoms with E-state index in [4.69, 9.17) is 22.0 Å². The van der Waals surface area contributed by atoms with Crippen molar-refractivity contribution in [1.29, 1.82) is 5.41 Å². The van der Waals surface area contributed by atoms with E-state index in [2.05, 4.69) is 9.97 Å². The number of nitrogens with two attached hydrogens (primary N) is 3. The molecule has 170 valence electrons. The number of carbonyl (C=O) groups is 1. The summed E-state index contributed by atoms with van der Waals surface area (Å²) in [6, 6.07) is 10.4. The van der Waals surface area contributed by atoms with Gasteiger partial charge in [-0.1, -0.05) is 18.2 Å². The first kappa shape index (κ1) is 22.0. The second-order valence-electron chi connectivity index (χ2n) is 7.59. The van der Waals surface area contributed by atoms with Crippen molar-refractivity contribution < 1.29 is 23.4 Å². The van der Waals surface area contributed by atoms with Gasteiger partial charge in [0, 0.05) is 28.7 Å². The average Bonchev–Trinajstić information content (AvgIpc) is 3.17. The highest BCUT2D eigenvalue weighted by Gasteiger charge is 2.54. The van der Waals surface area contributed by atoms with Crippen LogP contribution >= 0.6 is 0 Å². The Labute approximate surface area is 187 Å². The third kappa shape index (κ3) is 3.41. The lowest BCUT2D eigenvalue weighted by Gasteiger charge is -2.33. The minimum Gasteiger partial charge on any atom is -0.509 e. The van der Waals surface area contributed by atoms with Crippen molar-refractivity contribution >= 4 is 38.4 Å². The van der Waals surface area contributed by atoms with Crippen LogP contribution in [-0.2, 0) is 19.6 Å². The normalized spacial score (nSPS) is 18.9. The highest BCUT2D eigenvalue weighted by Crippen LogP contribution is 2.47. The van der Waals surface area contributed by atoms with Gasteiger partial charge in [0.2, 0.25) is 20.7 Å². The number of amidine groups is 1. The number of phenolic OH excluding ortho intramolecular Hbond substituents is 1. The number of H-pyrrole nitrogens is 1. The summed E-state index contributed by atoms with van der Waals surface area (Å²) in [5, 5.41) is 34.9. The standard InChI is InChI=1S/C21H20N6O5S/c22-18(23)10-5-6-14-15(8-10)27-20(26-14)21(33(25,31)32)9-11(19(24)30)7-13(17(21)29)12-3-1-2-4-16(12)28/h1-8,28-29H,9H2,(H3,22,23)(H2,24,30)(H,26,27)(H2,25,31,32). The van der Waals surface area contributed by atoms with Crippen LogP contribution in [0.2, 0.25) is 0 Å². The van der Waals surface area contributed by atoms with Crippen LogP contribution in [0.15, 0.2) is 59.9 Å². The van der Waals surface area contributed by atoms with E-state index in [0.717, 1.165) is 0 Å². The van der Waals surface area contributed by atoms with E-state index in [1.807, 2.05) is 0 Å². The summed E-state index contributed by atoms with van der Waals surface area (Å²) in [7, 11) is -4.68. The van der Waals surface area contributed by atoms with Gasteiger partial charge in [0.25, 0.3) is 0 Å². The number of imidazole rings is 1. The molecule has 1 amide bonds. The molecule has 1 heterocycles. The maximum absolute atomic E-state index is 13.0. The fraction of sp³-hybridized carbons (Fsp3) is 0.0952. The molecule has 11 nitrogen and oxygen atoms in total. The molecule has 1 aliphatic carbocycles. The Bertz CT molecular complexity index is 1500. The van der Waals surface area contributed by atoms with Crippen molar-refractivity contribution in [1.82, 2.24) is 9.97 Å². The molecular formula is C21H20N6O5S. The van der Waals surface area contributed by atoms with Gasteiger partial charge in [0.1, 0.15) is 23.2 Å². The largest absolute Gasteiger partial charge is 0.509 e. The number of hydrogen-bond donors (Lipinski definition) is 7. The molecule has 1 atom stereocenters. The van der Waals surface area contributed by atoms with Gasteiger partial charge in [0.05, 0.1) is 11.0 Å². The number of amides is 1. The number of para-hydroxylation sites is 1. The van der Waals surface area contributed by atoms with Gasteiger partial charge >= 0.3 is 0 Å². The number of phenols is 1. The molecule has 0 aliphatic heterocycles. The number of aliphatic hydroxyl groups excluding tert-OH is 1. The number of aromatic amines is 1. The quantitative estimate of drug-likeness (QED) is 0.211. The SMILES string of the molecule is N=C(N)c1ccc2nc(C3(S(N)(=O)=O)CC(C(N)=O)=CC(c4ccccc4O)=C3O)[nH]c2c1. The first-order valence-electron chi connectivity index (χ1n) is 9.55. The smallest absolute Gasteiger partial charge is 0.244 e. The molecule has 3 aromatic rings. The average molecular weight is 468 g/mol. The molecule has 0 radical (unpaired) electrons. The summed E-state index contributed by atoms with van der Waals surface area (Å²) in [5.41, 5.74) is 11.8. The molecule has 12 heteroatoms. The van der Waals surface area contributed by atoms with Gasteiger partial charge < -0.3 is 26.7 Å². The highest BCUT2D eigenvalue weighted by molar-refractivity contribution is 7.90. The molecule has 0 spiro atoms. The first-order valence-corrected chi connectivity index (χ1v) is 11.1. The Kier molecular flexibility index (Phi) is 4.99. The molecular weight excluding hydrogens is 448 g/mol. The molecule has 1 aromatic heterocycles. The Morgan fingerprint density at radius 1 is 1.15 bits per heavy atom. The fourth-order valence-corrected chi connectivity index (χ4v) is 4.96. The second kappa shape index (κ2) is 7.46. The van der Waals surface area contributed by atoms with Gasteiger partial charge in [-0.15, -0.1) is 0 Å². The fourth-order valence-electron chi connectivity index (χ4n) is 3.86. The lowest BCUT2D eigenvalue weighted by Crippen LogP contribution is -2.46. The summed E-state index contributed by atoms with van der Waals surface area (Å²) >= 11 is 0. The number of allylic oxidation sites excluding steroid dienone is 2. The molecule has 2 aromatic carbocycles. The molecule has 0 saturated heterocycles. The molecule has 0 saturated carbocycles. The number of primary amides is 1. The van der Waals surface area contributed by atoms with Crippen molar-refractivity contribution in [2.75, 3.05) is 0 Å². The molecule has 0 fully saturated rings. The van der Waals surface area contributed by atoms with Crippen LogP contribution in [0.3, 0.4) is 0 Å². The summed E-state index contributed by atoms with van der Waals surface area (Å²) in [5.74, 6) is -2.41. The molecule has 10 N–H and O–H groups in total. The number of sulfonamides is 1. The molecule has 33 heavy (non-hydrogen) atoms. The van der Waals surface area contributed by atoms with Crippen LogP contribution < -0.4 is 16.6 Å². The summed E-state index contributed by atoms with van der Waals surface area (Å²) in [6.45, 7) is 0. The zero-order valence-electron chi connectivity index (χ0n) is 17.0. The Morgan fingerprint density at radius 3 is 2.45 bits per heavy atom. The summed E-state index contributed by atoms with van der Waals surface area (Å²) in [6.07, 6.45) is 0.621. The lowest BCUT2D eigenvalue weighted by molar-refractivity contribution is -0.114. The highest BCUT2D eigenvalue weighted by atomic mass is 32.2. The number of aromatic hydroxyl groups is 1. The first-order chi connectivity index (χ1) is 15.5. The van der Waals surface area contributed by atoms with Crippen LogP contribution in [0.4, 0.5) is 0 Å². The Hall–Kier alpha value is -4.16. The van der Waals surface area contributed by atoms with Gasteiger partial charge in [-0.05, 0) is 30.3 Å². The predicted octanol–water partition coefficient (Wildman–Crippen LogP) is 0.821. The molecule has 4 rings (SSSR count). The van der Waals surface area contributed by atoms with Crippen LogP contribution in [0, 0.1) is 5.41 Å². The van der Waals surface area contributed by atoms with E-state index in [1.54, 1.807) is 6.07 Å². The predicted molar refractivity (Wildman–Crippen MR) is 121 cm³/mol. The van der Waals surface area contributed by atoms with Gasteiger partial charge in [0.15, 0.2) is 0 Å². The van der Waals surface area contributed by atoms with Crippen LogP contribution in [0.1, 0.15) is 23.4 Å². The van der Waals surface area contributed by atoms with Crippen LogP contribution in [-0.4, -0.2) is 40.3 Å². The number of nitrogens with one attached hydrogen (secondary N) is 2. The van der Waals surface area contributed by atoms with E-state index in [0.29, 0.717) is 16.6 Å². The van der Waals surface area contributed by atoms with Crippen molar-refractivity contribution in [2.45, 2.75) is 11.2 Å². The van der Waals surface area contributed by atoms with Crippen molar-refractivity contribution in [2.24, 2.45) is 16.6 Å². The number of carbonyl (C=O) groups excluding carboxylic acids is 1. The van der Waals surface area contributed by atoms with Gasteiger partial charge in [-0.3, -0.25) is 10.2 Å². The topological polar surface area (TPSA) is 222 Å². The van der Waals surface area contributed by atoms with E-state index in [-0.39, 0.29) is 34.1 Å². The van der Waals surface area contributed by atoms with E-state index in [1.165, 1.54) is 42.5 Å². The van der Waals surface area contributed by atoms with Crippen molar-refractivity contribution in [3.63, 3.8) is 0 Å². The van der Waals surface area contributed by atoms with E-state index in [9.17, 15) is 23.4 Å². The Morgan fingerprint density at radius 2 is 1.85 bits per heavy atom. The molecule has 0 bridgehead atoms. The van der Waals surface area contributed by atoms with Gasteiger partial charge in [-0.2, -0.15) is 0 Å². The maximum atomic E-state index is 13.0. The number of nitrogens with zero attached hydrogens (tertiary/aromatic N) is 1. The van der Waals surface area contributed by atoms with Crippen molar-refractivity contribution in [3.05, 3.63) is 76.8 Å². The molecule has 1 aliphatic rings. The van der Waals surface area contributed by atoms with E-state index >= 15 is 0 Å². The minimum atomic E-state index is -4.68. The number of aliphatic hydroxyl groups is 1. The van der Waals surface area contributed by atoms with Gasteiger partial charge in [-0.25, -0.2) is 18.5 Å². The summed E-state index contributed by atoms with van der Waals surface area (Å²) < 4.78 is 23.7. The van der Waals surface area contributed by atoms with Crippen molar-refractivity contribution in [3.8, 4) is 5.75 Å². The zero-order chi connectivity index (χ0) is 24.1.